The van der Waals surface area contributed by atoms with Crippen molar-refractivity contribution in [3.05, 3.63) is 71.0 Å². The maximum Gasteiger partial charge on any atom is 0.220 e. The molecule has 1 saturated carbocycles. The lowest BCUT2D eigenvalue weighted by Crippen LogP contribution is -2.24. The number of rotatable bonds is 9. The second-order valence-corrected chi connectivity index (χ2v) is 9.69. The zero-order valence-corrected chi connectivity index (χ0v) is 19.8. The van der Waals surface area contributed by atoms with E-state index in [9.17, 15) is 4.79 Å². The van der Waals surface area contributed by atoms with Crippen molar-refractivity contribution in [3.8, 4) is 5.69 Å². The third-order valence-electron chi connectivity index (χ3n) is 6.31. The van der Waals surface area contributed by atoms with Crippen LogP contribution in [-0.4, -0.2) is 20.7 Å². The molecule has 0 spiro atoms. The summed E-state index contributed by atoms with van der Waals surface area (Å²) in [5, 5.41) is 12.8. The number of amides is 1. The highest BCUT2D eigenvalue weighted by molar-refractivity contribution is 7.98. The standard InChI is InChI=1S/C26H32N4OS/c1-19-11-14-23(15-12-19)30-24(17-27-25(31)16-13-21-8-4-5-9-21)28-29-26(30)32-18-22-10-6-3-7-20(22)2/h3,6-7,10-12,14-15,21H,4-5,8-9,13,16-18H2,1-2H3,(H,27,31). The zero-order valence-electron chi connectivity index (χ0n) is 19.0. The Morgan fingerprint density at radius 3 is 2.56 bits per heavy atom. The number of aromatic nitrogens is 3. The van der Waals surface area contributed by atoms with Crippen molar-refractivity contribution in [1.82, 2.24) is 20.1 Å². The van der Waals surface area contributed by atoms with Crippen LogP contribution in [0.25, 0.3) is 5.69 Å². The third-order valence-corrected chi connectivity index (χ3v) is 7.29. The van der Waals surface area contributed by atoms with E-state index in [2.05, 4.69) is 82.5 Å². The molecule has 1 aliphatic carbocycles. The zero-order chi connectivity index (χ0) is 22.3. The van der Waals surface area contributed by atoms with E-state index < -0.39 is 0 Å². The Labute approximate surface area is 195 Å². The number of aryl methyl sites for hydroxylation is 2. The van der Waals surface area contributed by atoms with Crippen LogP contribution in [0.15, 0.2) is 53.7 Å². The van der Waals surface area contributed by atoms with E-state index in [-0.39, 0.29) is 5.91 Å². The molecule has 5 nitrogen and oxygen atoms in total. The number of nitrogens with zero attached hydrogens (tertiary/aromatic N) is 3. The minimum absolute atomic E-state index is 0.101. The molecule has 168 valence electrons. The summed E-state index contributed by atoms with van der Waals surface area (Å²) in [4.78, 5) is 12.4. The average molecular weight is 449 g/mol. The first-order valence-electron chi connectivity index (χ1n) is 11.6. The van der Waals surface area contributed by atoms with Gasteiger partial charge in [0.05, 0.1) is 6.54 Å². The Morgan fingerprint density at radius 2 is 1.81 bits per heavy atom. The van der Waals surface area contributed by atoms with Gasteiger partial charge in [-0.25, -0.2) is 0 Å². The number of carbonyl (C=O) groups is 1. The van der Waals surface area contributed by atoms with E-state index in [1.54, 1.807) is 11.8 Å². The molecule has 0 saturated heterocycles. The monoisotopic (exact) mass is 448 g/mol. The average Bonchev–Trinajstić information content (AvgIpc) is 3.46. The largest absolute Gasteiger partial charge is 0.349 e. The lowest BCUT2D eigenvalue weighted by molar-refractivity contribution is -0.121. The molecule has 0 unspecified atom stereocenters. The quantitative estimate of drug-likeness (QED) is 0.423. The third kappa shape index (κ3) is 5.80. The Kier molecular flexibility index (Phi) is 7.63. The lowest BCUT2D eigenvalue weighted by Gasteiger charge is -2.12. The number of nitrogens with one attached hydrogen (secondary N) is 1. The van der Waals surface area contributed by atoms with Crippen LogP contribution in [-0.2, 0) is 17.1 Å². The van der Waals surface area contributed by atoms with Crippen LogP contribution in [0.5, 0.6) is 0 Å². The normalized spacial score (nSPS) is 14.1. The fourth-order valence-electron chi connectivity index (χ4n) is 4.28. The molecule has 2 aromatic carbocycles. The van der Waals surface area contributed by atoms with Crippen molar-refractivity contribution < 1.29 is 4.79 Å². The predicted molar refractivity (Wildman–Crippen MR) is 130 cm³/mol. The van der Waals surface area contributed by atoms with E-state index in [1.807, 2.05) is 0 Å². The second-order valence-electron chi connectivity index (χ2n) is 8.75. The SMILES string of the molecule is Cc1ccc(-n2c(CNC(=O)CCC3CCCC3)nnc2SCc2ccccc2C)cc1. The molecule has 1 aromatic heterocycles. The highest BCUT2D eigenvalue weighted by Crippen LogP contribution is 2.29. The summed E-state index contributed by atoms with van der Waals surface area (Å²) in [5.74, 6) is 2.41. The minimum Gasteiger partial charge on any atom is -0.349 e. The van der Waals surface area contributed by atoms with Crippen molar-refractivity contribution in [2.45, 2.75) is 69.8 Å². The molecule has 6 heteroatoms. The Hall–Kier alpha value is -2.60. The number of thioether (sulfide) groups is 1. The molecule has 0 bridgehead atoms. The van der Waals surface area contributed by atoms with Crippen LogP contribution in [0.2, 0.25) is 0 Å². The molecule has 32 heavy (non-hydrogen) atoms. The molecule has 1 fully saturated rings. The van der Waals surface area contributed by atoms with E-state index in [0.717, 1.165) is 34.8 Å². The van der Waals surface area contributed by atoms with Crippen molar-refractivity contribution in [2.24, 2.45) is 5.92 Å². The number of hydrogen-bond acceptors (Lipinski definition) is 4. The van der Waals surface area contributed by atoms with Gasteiger partial charge in [0, 0.05) is 17.9 Å². The molecule has 1 N–H and O–H groups in total. The van der Waals surface area contributed by atoms with E-state index in [4.69, 9.17) is 0 Å². The molecular formula is C26H32N4OS. The number of benzene rings is 2. The van der Waals surface area contributed by atoms with Gasteiger partial charge in [0.25, 0.3) is 0 Å². The number of hydrogen-bond donors (Lipinski definition) is 1. The molecule has 0 aliphatic heterocycles. The number of carbonyl (C=O) groups excluding carboxylic acids is 1. The summed E-state index contributed by atoms with van der Waals surface area (Å²) in [5.41, 5.74) is 4.79. The Bertz CT molecular complexity index is 1040. The second kappa shape index (κ2) is 10.8. The Balaban J connectivity index is 1.46. The van der Waals surface area contributed by atoms with E-state index in [1.165, 1.54) is 42.4 Å². The molecule has 1 aliphatic rings. The van der Waals surface area contributed by atoms with Crippen LogP contribution in [0, 0.1) is 19.8 Å². The highest BCUT2D eigenvalue weighted by atomic mass is 32.2. The summed E-state index contributed by atoms with van der Waals surface area (Å²) in [6.45, 7) is 4.59. The van der Waals surface area contributed by atoms with Crippen LogP contribution in [0.1, 0.15) is 61.0 Å². The minimum atomic E-state index is 0.101. The van der Waals surface area contributed by atoms with E-state index in [0.29, 0.717) is 13.0 Å². The highest BCUT2D eigenvalue weighted by Gasteiger charge is 2.18. The van der Waals surface area contributed by atoms with Crippen LogP contribution in [0.4, 0.5) is 0 Å². The van der Waals surface area contributed by atoms with E-state index >= 15 is 0 Å². The van der Waals surface area contributed by atoms with Crippen LogP contribution >= 0.6 is 11.8 Å². The van der Waals surface area contributed by atoms with Gasteiger partial charge in [0.15, 0.2) is 11.0 Å². The van der Waals surface area contributed by atoms with Crippen molar-refractivity contribution >= 4 is 17.7 Å². The maximum absolute atomic E-state index is 12.4. The fraction of sp³-hybridized carbons (Fsp3) is 0.423. The lowest BCUT2D eigenvalue weighted by atomic mass is 10.0. The molecule has 0 radical (unpaired) electrons. The molecule has 3 aromatic rings. The van der Waals surface area contributed by atoms with Crippen LogP contribution < -0.4 is 5.32 Å². The predicted octanol–water partition coefficient (Wildman–Crippen LogP) is 5.76. The Morgan fingerprint density at radius 1 is 1.06 bits per heavy atom. The van der Waals surface area contributed by atoms with Gasteiger partial charge in [0.2, 0.25) is 5.91 Å². The molecule has 1 amide bonds. The smallest absolute Gasteiger partial charge is 0.220 e. The van der Waals surface area contributed by atoms with Gasteiger partial charge in [-0.05, 0) is 49.4 Å². The maximum atomic E-state index is 12.4. The molecule has 4 rings (SSSR count). The van der Waals surface area contributed by atoms with Crippen molar-refractivity contribution in [1.29, 1.82) is 0 Å². The molecule has 1 heterocycles. The van der Waals surface area contributed by atoms with Crippen LogP contribution in [0.3, 0.4) is 0 Å². The van der Waals surface area contributed by atoms with Gasteiger partial charge >= 0.3 is 0 Å². The topological polar surface area (TPSA) is 59.8 Å². The van der Waals surface area contributed by atoms with Gasteiger partial charge < -0.3 is 5.32 Å². The first-order valence-corrected chi connectivity index (χ1v) is 12.5. The fourth-order valence-corrected chi connectivity index (χ4v) is 5.32. The summed E-state index contributed by atoms with van der Waals surface area (Å²) in [7, 11) is 0. The summed E-state index contributed by atoms with van der Waals surface area (Å²) >= 11 is 1.67. The van der Waals surface area contributed by atoms with Gasteiger partial charge in [-0.15, -0.1) is 10.2 Å². The van der Waals surface area contributed by atoms with Gasteiger partial charge in [-0.2, -0.15) is 0 Å². The first-order chi connectivity index (χ1) is 15.6. The summed E-state index contributed by atoms with van der Waals surface area (Å²) in [6, 6.07) is 16.8. The van der Waals surface area contributed by atoms with Crippen molar-refractivity contribution in [2.75, 3.05) is 0 Å². The van der Waals surface area contributed by atoms with Crippen molar-refractivity contribution in [3.63, 3.8) is 0 Å². The molecular weight excluding hydrogens is 416 g/mol. The van der Waals surface area contributed by atoms with Gasteiger partial charge in [-0.3, -0.25) is 9.36 Å². The molecule has 0 atom stereocenters. The van der Waals surface area contributed by atoms with Gasteiger partial charge in [-0.1, -0.05) is 79.4 Å². The summed E-state index contributed by atoms with van der Waals surface area (Å²) < 4.78 is 2.07. The summed E-state index contributed by atoms with van der Waals surface area (Å²) in [6.07, 6.45) is 6.77. The first kappa shape index (κ1) is 22.6. The van der Waals surface area contributed by atoms with Gasteiger partial charge in [0.1, 0.15) is 0 Å².